The highest BCUT2D eigenvalue weighted by Gasteiger charge is 2.16. The molecule has 1 aromatic rings. The van der Waals surface area contributed by atoms with E-state index in [0.29, 0.717) is 0 Å². The topological polar surface area (TPSA) is 118 Å². The Hall–Kier alpha value is -2.06. The Bertz CT molecular complexity index is 493. The number of aliphatic hydroxyl groups is 1. The molecule has 0 fully saturated rings. The number of hydrogen-bond acceptors (Lipinski definition) is 5. The molecule has 0 heterocycles. The zero-order valence-corrected chi connectivity index (χ0v) is 10.2. The number of aliphatic hydroxyl groups excluding tert-OH is 1. The smallest absolute Gasteiger partial charge is 0.273 e. The molecule has 19 heavy (non-hydrogen) atoms. The first-order valence-electron chi connectivity index (χ1n) is 5.48. The summed E-state index contributed by atoms with van der Waals surface area (Å²) in [6, 6.07) is 1.90. The molecule has 0 aliphatic rings. The van der Waals surface area contributed by atoms with Crippen molar-refractivity contribution in [2.75, 3.05) is 6.54 Å². The summed E-state index contributed by atoms with van der Waals surface area (Å²) in [6.45, 7) is 1.44. The molecule has 0 aliphatic heterocycles. The molecule has 2 unspecified atom stereocenters. The van der Waals surface area contributed by atoms with Gasteiger partial charge in [0.05, 0.1) is 17.1 Å². The van der Waals surface area contributed by atoms with Crippen molar-refractivity contribution in [3.63, 3.8) is 0 Å². The number of nitrogens with two attached hydrogens (primary N) is 1. The van der Waals surface area contributed by atoms with Crippen LogP contribution in [0.1, 0.15) is 17.3 Å². The summed E-state index contributed by atoms with van der Waals surface area (Å²) in [5.41, 5.74) is 4.82. The number of rotatable bonds is 5. The second-order valence-corrected chi connectivity index (χ2v) is 4.07. The van der Waals surface area contributed by atoms with Gasteiger partial charge >= 0.3 is 0 Å². The minimum atomic E-state index is -0.876. The standard InChI is InChI=1S/C11H14FN3O4/c1-6(16)10(13)5-14-11(17)7-2-8(12)4-9(3-7)15(18)19/h2-4,6,10,16H,5,13H2,1H3,(H,14,17). The average Bonchev–Trinajstić information content (AvgIpc) is 2.34. The number of carbonyl (C=O) groups excluding carboxylic acids is 1. The number of nitro groups is 1. The molecule has 0 radical (unpaired) electrons. The maximum atomic E-state index is 13.1. The van der Waals surface area contributed by atoms with E-state index in [1.807, 2.05) is 0 Å². The van der Waals surface area contributed by atoms with Crippen LogP contribution in [0.15, 0.2) is 18.2 Å². The highest BCUT2D eigenvalue weighted by Crippen LogP contribution is 2.16. The summed E-state index contributed by atoms with van der Waals surface area (Å²) >= 11 is 0. The number of non-ortho nitro benzene ring substituents is 1. The van der Waals surface area contributed by atoms with Gasteiger partial charge in [0.1, 0.15) is 5.82 Å². The van der Waals surface area contributed by atoms with Crippen LogP contribution in [0.25, 0.3) is 0 Å². The van der Waals surface area contributed by atoms with Crippen LogP contribution in [0.5, 0.6) is 0 Å². The van der Waals surface area contributed by atoms with Gasteiger partial charge in [-0.2, -0.15) is 0 Å². The fourth-order valence-corrected chi connectivity index (χ4v) is 1.29. The van der Waals surface area contributed by atoms with Gasteiger partial charge in [-0.05, 0) is 13.0 Å². The molecule has 0 bridgehead atoms. The number of amides is 1. The molecule has 0 aromatic heterocycles. The normalized spacial score (nSPS) is 13.7. The predicted molar refractivity (Wildman–Crippen MR) is 65.0 cm³/mol. The van der Waals surface area contributed by atoms with Gasteiger partial charge in [0.25, 0.3) is 11.6 Å². The van der Waals surface area contributed by atoms with Gasteiger partial charge in [0.15, 0.2) is 0 Å². The Kier molecular flexibility index (Phi) is 4.90. The zero-order valence-electron chi connectivity index (χ0n) is 10.2. The lowest BCUT2D eigenvalue weighted by atomic mass is 10.1. The zero-order chi connectivity index (χ0) is 14.6. The van der Waals surface area contributed by atoms with E-state index in [9.17, 15) is 19.3 Å². The van der Waals surface area contributed by atoms with Crippen LogP contribution in [0.2, 0.25) is 0 Å². The van der Waals surface area contributed by atoms with Gasteiger partial charge in [-0.3, -0.25) is 14.9 Å². The number of nitro benzene ring substituents is 1. The van der Waals surface area contributed by atoms with E-state index in [4.69, 9.17) is 10.8 Å². The van der Waals surface area contributed by atoms with E-state index in [0.717, 1.165) is 18.2 Å². The Morgan fingerprint density at radius 1 is 1.58 bits per heavy atom. The summed E-state index contributed by atoms with van der Waals surface area (Å²) in [6.07, 6.45) is -0.817. The number of benzene rings is 1. The molecule has 8 heteroatoms. The van der Waals surface area contributed by atoms with Crippen molar-refractivity contribution in [1.29, 1.82) is 0 Å². The molecule has 7 nitrogen and oxygen atoms in total. The number of nitrogens with one attached hydrogen (secondary N) is 1. The van der Waals surface area contributed by atoms with Crippen molar-refractivity contribution >= 4 is 11.6 Å². The lowest BCUT2D eigenvalue weighted by Crippen LogP contribution is -2.43. The summed E-state index contributed by atoms with van der Waals surface area (Å²) in [7, 11) is 0. The van der Waals surface area contributed by atoms with Crippen molar-refractivity contribution in [1.82, 2.24) is 5.32 Å². The van der Waals surface area contributed by atoms with E-state index in [-0.39, 0.29) is 12.1 Å². The summed E-state index contributed by atoms with van der Waals surface area (Å²) < 4.78 is 13.1. The van der Waals surface area contributed by atoms with Crippen LogP contribution in [0, 0.1) is 15.9 Å². The Morgan fingerprint density at radius 3 is 2.74 bits per heavy atom. The Morgan fingerprint density at radius 2 is 2.21 bits per heavy atom. The van der Waals surface area contributed by atoms with E-state index in [2.05, 4.69) is 5.32 Å². The maximum Gasteiger partial charge on any atom is 0.273 e. The molecule has 0 spiro atoms. The Balaban J connectivity index is 2.80. The van der Waals surface area contributed by atoms with Crippen LogP contribution < -0.4 is 11.1 Å². The predicted octanol–water partition coefficient (Wildman–Crippen LogP) is 0.172. The van der Waals surface area contributed by atoms with Crippen molar-refractivity contribution < 1.29 is 19.2 Å². The minimum absolute atomic E-state index is 0.0270. The fourth-order valence-electron chi connectivity index (χ4n) is 1.29. The molecule has 2 atom stereocenters. The van der Waals surface area contributed by atoms with Gasteiger partial charge in [-0.25, -0.2) is 4.39 Å². The number of nitrogens with zero attached hydrogens (tertiary/aromatic N) is 1. The van der Waals surface area contributed by atoms with E-state index in [1.54, 1.807) is 0 Å². The lowest BCUT2D eigenvalue weighted by Gasteiger charge is -2.15. The highest BCUT2D eigenvalue weighted by atomic mass is 19.1. The van der Waals surface area contributed by atoms with Crippen LogP contribution in [0.3, 0.4) is 0 Å². The van der Waals surface area contributed by atoms with Crippen molar-refractivity contribution in [3.8, 4) is 0 Å². The molecule has 104 valence electrons. The van der Waals surface area contributed by atoms with Crippen LogP contribution in [-0.4, -0.2) is 34.6 Å². The molecule has 1 amide bonds. The number of carbonyl (C=O) groups is 1. The monoisotopic (exact) mass is 271 g/mol. The van der Waals surface area contributed by atoms with Crippen molar-refractivity contribution in [2.24, 2.45) is 5.73 Å². The summed E-state index contributed by atoms with van der Waals surface area (Å²) in [5.74, 6) is -1.57. The SMILES string of the molecule is CC(O)C(N)CNC(=O)c1cc(F)cc([N+](=O)[O-])c1. The molecule has 1 aromatic carbocycles. The van der Waals surface area contributed by atoms with Gasteiger partial charge in [0.2, 0.25) is 0 Å². The van der Waals surface area contributed by atoms with Crippen LogP contribution >= 0.6 is 0 Å². The molecule has 1 rings (SSSR count). The summed E-state index contributed by atoms with van der Waals surface area (Å²) in [5, 5.41) is 22.0. The van der Waals surface area contributed by atoms with Crippen LogP contribution in [-0.2, 0) is 0 Å². The van der Waals surface area contributed by atoms with Gasteiger partial charge in [0, 0.05) is 24.2 Å². The number of halogens is 1. The number of hydrogen-bond donors (Lipinski definition) is 3. The lowest BCUT2D eigenvalue weighted by molar-refractivity contribution is -0.385. The third-order valence-corrected chi connectivity index (χ3v) is 2.47. The quantitative estimate of drug-likeness (QED) is 0.521. The third-order valence-electron chi connectivity index (χ3n) is 2.47. The van der Waals surface area contributed by atoms with E-state index < -0.39 is 34.5 Å². The largest absolute Gasteiger partial charge is 0.392 e. The fraction of sp³-hybridized carbons (Fsp3) is 0.364. The van der Waals surface area contributed by atoms with Gasteiger partial charge < -0.3 is 16.2 Å². The third kappa shape index (κ3) is 4.27. The first kappa shape index (κ1) is 15.0. The Labute approximate surface area is 108 Å². The second-order valence-electron chi connectivity index (χ2n) is 4.07. The molecule has 0 saturated heterocycles. The van der Waals surface area contributed by atoms with E-state index in [1.165, 1.54) is 6.92 Å². The van der Waals surface area contributed by atoms with Crippen molar-refractivity contribution in [3.05, 3.63) is 39.7 Å². The minimum Gasteiger partial charge on any atom is -0.392 e. The first-order valence-corrected chi connectivity index (χ1v) is 5.48. The maximum absolute atomic E-state index is 13.1. The van der Waals surface area contributed by atoms with Gasteiger partial charge in [-0.15, -0.1) is 0 Å². The average molecular weight is 271 g/mol. The van der Waals surface area contributed by atoms with Crippen molar-refractivity contribution in [2.45, 2.75) is 19.1 Å². The van der Waals surface area contributed by atoms with Crippen LogP contribution in [0.4, 0.5) is 10.1 Å². The van der Waals surface area contributed by atoms with E-state index >= 15 is 0 Å². The molecule has 0 aliphatic carbocycles. The van der Waals surface area contributed by atoms with Gasteiger partial charge in [-0.1, -0.05) is 0 Å². The summed E-state index contributed by atoms with van der Waals surface area (Å²) in [4.78, 5) is 21.4. The second kappa shape index (κ2) is 6.21. The molecular weight excluding hydrogens is 257 g/mol. The highest BCUT2D eigenvalue weighted by molar-refractivity contribution is 5.94. The first-order chi connectivity index (χ1) is 8.81. The molecule has 0 saturated carbocycles. The molecule has 4 N–H and O–H groups in total. The molecular formula is C11H14FN3O4.